The number of hydrogen-bond acceptors (Lipinski definition) is 3. The molecule has 2 aromatic carbocycles. The van der Waals surface area contributed by atoms with Crippen LogP contribution in [0.25, 0.3) is 0 Å². The molecule has 0 saturated carbocycles. The van der Waals surface area contributed by atoms with Crippen LogP contribution in [0.1, 0.15) is 10.4 Å². The van der Waals surface area contributed by atoms with Crippen molar-refractivity contribution in [3.8, 4) is 5.75 Å². The topological polar surface area (TPSA) is 58.6 Å². The van der Waals surface area contributed by atoms with Crippen molar-refractivity contribution >= 4 is 44.9 Å². The Morgan fingerprint density at radius 3 is 2.70 bits per heavy atom. The van der Waals surface area contributed by atoms with E-state index >= 15 is 0 Å². The molecule has 0 aliphatic rings. The maximum Gasteiger partial charge on any atom is 0.337 e. The Hall–Kier alpha value is -1.72. The number of rotatable bonds is 4. The van der Waals surface area contributed by atoms with Crippen LogP contribution in [-0.2, 0) is 0 Å². The van der Waals surface area contributed by atoms with Crippen LogP contribution in [0, 0.1) is 0 Å². The summed E-state index contributed by atoms with van der Waals surface area (Å²) in [6.07, 6.45) is 0. The van der Waals surface area contributed by atoms with E-state index in [1.807, 2.05) is 12.1 Å². The number of ether oxygens (including phenoxy) is 1. The molecule has 0 amide bonds. The van der Waals surface area contributed by atoms with Crippen LogP contribution in [-0.4, -0.2) is 18.2 Å². The van der Waals surface area contributed by atoms with E-state index in [-0.39, 0.29) is 5.56 Å². The van der Waals surface area contributed by atoms with Crippen LogP contribution in [0.5, 0.6) is 5.75 Å². The van der Waals surface area contributed by atoms with Crippen molar-refractivity contribution in [1.29, 1.82) is 0 Å². The molecule has 104 valence electrons. The second-order valence-electron chi connectivity index (χ2n) is 4.00. The third-order valence-corrected chi connectivity index (χ3v) is 3.29. The molecule has 2 rings (SSSR count). The number of carboxylic acids is 1. The minimum Gasteiger partial charge on any atom is -0.497 e. The zero-order valence-electron chi connectivity index (χ0n) is 10.5. The highest BCUT2D eigenvalue weighted by Gasteiger charge is 2.11. The van der Waals surface area contributed by atoms with Gasteiger partial charge in [0.2, 0.25) is 0 Å². The molecule has 20 heavy (non-hydrogen) atoms. The lowest BCUT2D eigenvalue weighted by atomic mass is 10.1. The fourth-order valence-electron chi connectivity index (χ4n) is 1.71. The summed E-state index contributed by atoms with van der Waals surface area (Å²) in [5, 5.41) is 12.6. The van der Waals surface area contributed by atoms with Crippen molar-refractivity contribution in [1.82, 2.24) is 0 Å². The van der Waals surface area contributed by atoms with E-state index in [9.17, 15) is 9.90 Å². The molecular formula is C14H11BrClNO3. The molecule has 0 heterocycles. The van der Waals surface area contributed by atoms with Crippen LogP contribution in [0.4, 0.5) is 11.4 Å². The van der Waals surface area contributed by atoms with E-state index in [1.165, 1.54) is 6.07 Å². The summed E-state index contributed by atoms with van der Waals surface area (Å²) >= 11 is 9.19. The number of halogens is 2. The fourth-order valence-corrected chi connectivity index (χ4v) is 2.36. The first-order valence-corrected chi connectivity index (χ1v) is 6.81. The standard InChI is InChI=1S/C14H11BrClNO3/c1-20-11-5-8(15)4-10(7-11)17-13-3-2-9(16)6-12(13)14(18)19/h2-7,17H,1H3,(H,18,19). The zero-order chi connectivity index (χ0) is 14.7. The summed E-state index contributed by atoms with van der Waals surface area (Å²) in [7, 11) is 1.57. The first kappa shape index (κ1) is 14.7. The predicted octanol–water partition coefficient (Wildman–Crippen LogP) is 4.55. The molecule has 0 unspecified atom stereocenters. The molecule has 0 aliphatic carbocycles. The number of carboxylic acid groups (broad SMARTS) is 1. The van der Waals surface area contributed by atoms with Crippen molar-refractivity contribution in [3.05, 3.63) is 51.5 Å². The van der Waals surface area contributed by atoms with Crippen molar-refractivity contribution in [2.75, 3.05) is 12.4 Å². The van der Waals surface area contributed by atoms with E-state index in [0.717, 1.165) is 4.47 Å². The summed E-state index contributed by atoms with van der Waals surface area (Å²) in [6, 6.07) is 10.1. The highest BCUT2D eigenvalue weighted by molar-refractivity contribution is 9.10. The second kappa shape index (κ2) is 6.15. The van der Waals surface area contributed by atoms with E-state index in [1.54, 1.807) is 25.3 Å². The number of methoxy groups -OCH3 is 1. The molecule has 0 atom stereocenters. The van der Waals surface area contributed by atoms with Gasteiger partial charge >= 0.3 is 5.97 Å². The quantitative estimate of drug-likeness (QED) is 0.843. The third-order valence-electron chi connectivity index (χ3n) is 2.60. The lowest BCUT2D eigenvalue weighted by Crippen LogP contribution is -2.02. The molecule has 6 heteroatoms. The number of anilines is 2. The van der Waals surface area contributed by atoms with Gasteiger partial charge in [0.05, 0.1) is 18.4 Å². The van der Waals surface area contributed by atoms with Gasteiger partial charge in [-0.15, -0.1) is 0 Å². The minimum atomic E-state index is -1.04. The Kier molecular flexibility index (Phi) is 4.52. The average molecular weight is 357 g/mol. The van der Waals surface area contributed by atoms with Crippen molar-refractivity contribution in [3.63, 3.8) is 0 Å². The molecule has 2 aromatic rings. The van der Waals surface area contributed by atoms with Crippen LogP contribution in [0.2, 0.25) is 5.02 Å². The van der Waals surface area contributed by atoms with Gasteiger partial charge in [-0.25, -0.2) is 4.79 Å². The minimum absolute atomic E-state index is 0.108. The van der Waals surface area contributed by atoms with Gasteiger partial charge < -0.3 is 15.2 Å². The van der Waals surface area contributed by atoms with Crippen LogP contribution < -0.4 is 10.1 Å². The Balaban J connectivity index is 2.39. The molecule has 0 aromatic heterocycles. The van der Waals surface area contributed by atoms with Gasteiger partial charge in [0, 0.05) is 21.2 Å². The van der Waals surface area contributed by atoms with Gasteiger partial charge in [-0.2, -0.15) is 0 Å². The van der Waals surface area contributed by atoms with Crippen LogP contribution in [0.3, 0.4) is 0 Å². The van der Waals surface area contributed by atoms with Crippen LogP contribution in [0.15, 0.2) is 40.9 Å². The summed E-state index contributed by atoms with van der Waals surface area (Å²) in [5.41, 5.74) is 1.28. The first-order chi connectivity index (χ1) is 9.49. The largest absolute Gasteiger partial charge is 0.497 e. The SMILES string of the molecule is COc1cc(Br)cc(Nc2ccc(Cl)cc2C(=O)O)c1. The van der Waals surface area contributed by atoms with Gasteiger partial charge in [-0.3, -0.25) is 0 Å². The fraction of sp³-hybridized carbons (Fsp3) is 0.0714. The average Bonchev–Trinajstić information content (AvgIpc) is 2.40. The summed E-state index contributed by atoms with van der Waals surface area (Å²) in [4.78, 5) is 11.2. The van der Waals surface area contributed by atoms with Gasteiger partial charge in [0.15, 0.2) is 0 Å². The van der Waals surface area contributed by atoms with Crippen LogP contribution >= 0.6 is 27.5 Å². The molecule has 0 saturated heterocycles. The number of carbonyl (C=O) groups is 1. The molecule has 0 radical (unpaired) electrons. The monoisotopic (exact) mass is 355 g/mol. The molecule has 0 bridgehead atoms. The second-order valence-corrected chi connectivity index (χ2v) is 5.35. The van der Waals surface area contributed by atoms with E-state index in [0.29, 0.717) is 22.1 Å². The third kappa shape index (κ3) is 3.43. The first-order valence-electron chi connectivity index (χ1n) is 5.64. The molecule has 4 nitrogen and oxygen atoms in total. The maximum absolute atomic E-state index is 11.2. The molecule has 0 spiro atoms. The summed E-state index contributed by atoms with van der Waals surface area (Å²) in [6.45, 7) is 0. The molecule has 0 fully saturated rings. The lowest BCUT2D eigenvalue weighted by Gasteiger charge is -2.11. The number of hydrogen-bond donors (Lipinski definition) is 2. The highest BCUT2D eigenvalue weighted by Crippen LogP contribution is 2.29. The Labute approximate surface area is 129 Å². The maximum atomic E-state index is 11.2. The molecular weight excluding hydrogens is 346 g/mol. The van der Waals surface area contributed by atoms with E-state index in [4.69, 9.17) is 16.3 Å². The van der Waals surface area contributed by atoms with Gasteiger partial charge in [0.25, 0.3) is 0 Å². The van der Waals surface area contributed by atoms with Gasteiger partial charge in [-0.1, -0.05) is 27.5 Å². The molecule has 0 aliphatic heterocycles. The van der Waals surface area contributed by atoms with Crippen molar-refractivity contribution < 1.29 is 14.6 Å². The van der Waals surface area contributed by atoms with Gasteiger partial charge in [-0.05, 0) is 30.3 Å². The lowest BCUT2D eigenvalue weighted by molar-refractivity contribution is 0.0698. The Morgan fingerprint density at radius 1 is 1.30 bits per heavy atom. The normalized spacial score (nSPS) is 10.2. The summed E-state index contributed by atoms with van der Waals surface area (Å²) in [5.74, 6) is -0.385. The highest BCUT2D eigenvalue weighted by atomic mass is 79.9. The number of aromatic carboxylic acids is 1. The summed E-state index contributed by atoms with van der Waals surface area (Å²) < 4.78 is 5.99. The smallest absolute Gasteiger partial charge is 0.337 e. The van der Waals surface area contributed by atoms with Crippen molar-refractivity contribution in [2.45, 2.75) is 0 Å². The van der Waals surface area contributed by atoms with Crippen molar-refractivity contribution in [2.24, 2.45) is 0 Å². The van der Waals surface area contributed by atoms with E-state index in [2.05, 4.69) is 21.2 Å². The Bertz CT molecular complexity index is 661. The zero-order valence-corrected chi connectivity index (χ0v) is 12.8. The number of nitrogens with one attached hydrogen (secondary N) is 1. The van der Waals surface area contributed by atoms with Gasteiger partial charge in [0.1, 0.15) is 5.75 Å². The Morgan fingerprint density at radius 2 is 2.05 bits per heavy atom. The number of benzene rings is 2. The molecule has 2 N–H and O–H groups in total. The predicted molar refractivity (Wildman–Crippen MR) is 82.4 cm³/mol. The van der Waals surface area contributed by atoms with E-state index < -0.39 is 5.97 Å².